The predicted molar refractivity (Wildman–Crippen MR) is 69.9 cm³/mol. The summed E-state index contributed by atoms with van der Waals surface area (Å²) >= 11 is 3.66. The average molecular weight is 235 g/mol. The zero-order valence-corrected chi connectivity index (χ0v) is 10.5. The van der Waals surface area contributed by atoms with E-state index < -0.39 is 0 Å². The first kappa shape index (κ1) is 10.8. The van der Waals surface area contributed by atoms with Gasteiger partial charge in [-0.3, -0.25) is 4.98 Å². The molecule has 0 radical (unpaired) electrons. The Bertz CT molecular complexity index is 468. The van der Waals surface area contributed by atoms with Crippen LogP contribution in [0, 0.1) is 0 Å². The first-order valence-electron chi connectivity index (χ1n) is 4.91. The molecule has 2 rings (SSSR count). The Morgan fingerprint density at radius 2 is 2.07 bits per heavy atom. The van der Waals surface area contributed by atoms with Crippen molar-refractivity contribution in [2.24, 2.45) is 0 Å². The summed E-state index contributed by atoms with van der Waals surface area (Å²) in [6.07, 6.45) is 4.08. The van der Waals surface area contributed by atoms with Gasteiger partial charge in [0.05, 0.1) is 5.52 Å². The second-order valence-electron chi connectivity index (χ2n) is 3.11. The predicted octanol–water partition coefficient (Wildman–Crippen LogP) is 4.07. The molecule has 1 aromatic heterocycles. The fourth-order valence-corrected chi connectivity index (χ4v) is 3.23. The van der Waals surface area contributed by atoms with E-state index in [1.165, 1.54) is 15.2 Å². The standard InChI is InChI=1S/C12H13NS2/c1-3-15-12-9-6-4-5-7-10(9)13-8-11(12)14-2/h4-8H,3H2,1-2H3. The Morgan fingerprint density at radius 1 is 1.27 bits per heavy atom. The van der Waals surface area contributed by atoms with E-state index in [1.807, 2.05) is 24.0 Å². The molecule has 1 nitrogen and oxygen atoms in total. The van der Waals surface area contributed by atoms with Crippen LogP contribution in [0.4, 0.5) is 0 Å². The number of rotatable bonds is 3. The van der Waals surface area contributed by atoms with Crippen molar-refractivity contribution in [3.05, 3.63) is 30.5 Å². The SMILES string of the molecule is CCSc1c(SC)cnc2ccccc12. The fourth-order valence-electron chi connectivity index (χ4n) is 1.54. The summed E-state index contributed by atoms with van der Waals surface area (Å²) in [5, 5.41) is 1.27. The molecule has 0 N–H and O–H groups in total. The number of benzene rings is 1. The minimum atomic E-state index is 1.09. The summed E-state index contributed by atoms with van der Waals surface area (Å²) in [7, 11) is 0. The molecule has 78 valence electrons. The smallest absolute Gasteiger partial charge is 0.0714 e. The van der Waals surface area contributed by atoms with Gasteiger partial charge >= 0.3 is 0 Å². The summed E-state index contributed by atoms with van der Waals surface area (Å²) in [5.74, 6) is 1.10. The van der Waals surface area contributed by atoms with Crippen molar-refractivity contribution in [2.45, 2.75) is 16.7 Å². The van der Waals surface area contributed by atoms with Gasteiger partial charge < -0.3 is 0 Å². The molecule has 0 atom stereocenters. The third-order valence-electron chi connectivity index (χ3n) is 2.20. The molecular weight excluding hydrogens is 222 g/mol. The van der Waals surface area contributed by atoms with Crippen LogP contribution in [0.1, 0.15) is 6.92 Å². The van der Waals surface area contributed by atoms with E-state index in [9.17, 15) is 0 Å². The summed E-state index contributed by atoms with van der Waals surface area (Å²) in [4.78, 5) is 7.11. The van der Waals surface area contributed by atoms with E-state index in [0.29, 0.717) is 0 Å². The monoisotopic (exact) mass is 235 g/mol. The number of hydrogen-bond acceptors (Lipinski definition) is 3. The highest BCUT2D eigenvalue weighted by Gasteiger charge is 2.07. The van der Waals surface area contributed by atoms with Gasteiger partial charge in [0.15, 0.2) is 0 Å². The number of nitrogens with zero attached hydrogens (tertiary/aromatic N) is 1. The number of para-hydroxylation sites is 1. The first-order valence-corrected chi connectivity index (χ1v) is 7.12. The van der Waals surface area contributed by atoms with Crippen molar-refractivity contribution >= 4 is 34.4 Å². The fraction of sp³-hybridized carbons (Fsp3) is 0.250. The molecule has 0 unspecified atom stereocenters. The van der Waals surface area contributed by atoms with E-state index in [0.717, 1.165) is 11.3 Å². The van der Waals surface area contributed by atoms with Gasteiger partial charge in [0.25, 0.3) is 0 Å². The number of thioether (sulfide) groups is 2. The van der Waals surface area contributed by atoms with Crippen LogP contribution >= 0.6 is 23.5 Å². The van der Waals surface area contributed by atoms with Crippen LogP contribution in [-0.2, 0) is 0 Å². The molecule has 0 amide bonds. The molecule has 1 heterocycles. The van der Waals surface area contributed by atoms with Crippen LogP contribution in [0.3, 0.4) is 0 Å². The van der Waals surface area contributed by atoms with Crippen LogP contribution in [0.5, 0.6) is 0 Å². The zero-order chi connectivity index (χ0) is 10.7. The molecule has 0 saturated carbocycles. The third kappa shape index (κ3) is 2.13. The van der Waals surface area contributed by atoms with E-state index in [4.69, 9.17) is 0 Å². The van der Waals surface area contributed by atoms with Gasteiger partial charge in [-0.1, -0.05) is 25.1 Å². The molecule has 0 fully saturated rings. The highest BCUT2D eigenvalue weighted by molar-refractivity contribution is 8.02. The summed E-state index contributed by atoms with van der Waals surface area (Å²) < 4.78 is 0. The molecule has 3 heteroatoms. The van der Waals surface area contributed by atoms with Gasteiger partial charge in [-0.25, -0.2) is 0 Å². The summed E-state index contributed by atoms with van der Waals surface area (Å²) in [6.45, 7) is 2.18. The highest BCUT2D eigenvalue weighted by atomic mass is 32.2. The number of aromatic nitrogens is 1. The van der Waals surface area contributed by atoms with Crippen LogP contribution in [0.2, 0.25) is 0 Å². The van der Waals surface area contributed by atoms with Gasteiger partial charge in [0, 0.05) is 21.4 Å². The van der Waals surface area contributed by atoms with Crippen LogP contribution in [0.25, 0.3) is 10.9 Å². The van der Waals surface area contributed by atoms with Crippen molar-refractivity contribution in [1.29, 1.82) is 0 Å². The van der Waals surface area contributed by atoms with Crippen LogP contribution in [-0.4, -0.2) is 17.0 Å². The van der Waals surface area contributed by atoms with Gasteiger partial charge in [-0.05, 0) is 18.1 Å². The van der Waals surface area contributed by atoms with Gasteiger partial charge in [0.1, 0.15) is 0 Å². The zero-order valence-electron chi connectivity index (χ0n) is 8.86. The molecular formula is C12H13NS2. The number of pyridine rings is 1. The number of fused-ring (bicyclic) bond motifs is 1. The molecule has 0 saturated heterocycles. The van der Waals surface area contributed by atoms with Gasteiger partial charge in [-0.15, -0.1) is 23.5 Å². The lowest BCUT2D eigenvalue weighted by molar-refractivity contribution is 1.20. The van der Waals surface area contributed by atoms with Crippen molar-refractivity contribution in [1.82, 2.24) is 4.98 Å². The molecule has 15 heavy (non-hydrogen) atoms. The molecule has 0 spiro atoms. The highest BCUT2D eigenvalue weighted by Crippen LogP contribution is 2.34. The molecule has 0 aliphatic carbocycles. The van der Waals surface area contributed by atoms with Crippen LogP contribution in [0.15, 0.2) is 40.3 Å². The Labute approximate surface area is 98.7 Å². The van der Waals surface area contributed by atoms with E-state index >= 15 is 0 Å². The quantitative estimate of drug-likeness (QED) is 0.744. The van der Waals surface area contributed by atoms with Crippen LogP contribution < -0.4 is 0 Å². The summed E-state index contributed by atoms with van der Waals surface area (Å²) in [6, 6.07) is 8.33. The van der Waals surface area contributed by atoms with Crippen molar-refractivity contribution in [3.63, 3.8) is 0 Å². The van der Waals surface area contributed by atoms with Gasteiger partial charge in [0.2, 0.25) is 0 Å². The molecule has 1 aromatic carbocycles. The Balaban J connectivity index is 2.67. The third-order valence-corrected chi connectivity index (χ3v) is 4.10. The molecule has 0 bridgehead atoms. The maximum atomic E-state index is 4.46. The minimum absolute atomic E-state index is 1.09. The number of hydrogen-bond donors (Lipinski definition) is 0. The van der Waals surface area contributed by atoms with E-state index in [2.05, 4.69) is 36.4 Å². The average Bonchev–Trinajstić information content (AvgIpc) is 2.30. The molecule has 0 aliphatic heterocycles. The Hall–Kier alpha value is -0.670. The summed E-state index contributed by atoms with van der Waals surface area (Å²) in [5.41, 5.74) is 1.09. The lowest BCUT2D eigenvalue weighted by atomic mass is 10.2. The maximum Gasteiger partial charge on any atom is 0.0714 e. The topological polar surface area (TPSA) is 12.9 Å². The largest absolute Gasteiger partial charge is 0.255 e. The molecule has 0 aliphatic rings. The lowest BCUT2D eigenvalue weighted by Crippen LogP contribution is -1.86. The normalized spacial score (nSPS) is 10.8. The Morgan fingerprint density at radius 3 is 2.80 bits per heavy atom. The van der Waals surface area contributed by atoms with E-state index in [-0.39, 0.29) is 0 Å². The van der Waals surface area contributed by atoms with Gasteiger partial charge in [-0.2, -0.15) is 0 Å². The molecule has 2 aromatic rings. The van der Waals surface area contributed by atoms with Crippen molar-refractivity contribution in [3.8, 4) is 0 Å². The minimum Gasteiger partial charge on any atom is -0.255 e. The second-order valence-corrected chi connectivity index (χ2v) is 5.23. The van der Waals surface area contributed by atoms with Crippen molar-refractivity contribution in [2.75, 3.05) is 12.0 Å². The van der Waals surface area contributed by atoms with E-state index in [1.54, 1.807) is 11.8 Å². The second kappa shape index (κ2) is 4.90. The Kier molecular flexibility index (Phi) is 3.54. The lowest BCUT2D eigenvalue weighted by Gasteiger charge is -2.08. The maximum absolute atomic E-state index is 4.46. The first-order chi connectivity index (χ1) is 7.36. The van der Waals surface area contributed by atoms with Crippen molar-refractivity contribution < 1.29 is 0 Å².